The largest absolute Gasteiger partial charge is 0.485 e. The summed E-state index contributed by atoms with van der Waals surface area (Å²) >= 11 is 1.46. The van der Waals surface area contributed by atoms with Crippen molar-refractivity contribution in [2.75, 3.05) is 0 Å². The summed E-state index contributed by atoms with van der Waals surface area (Å²) in [5.41, 5.74) is 3.86. The zero-order valence-corrected chi connectivity index (χ0v) is 15.8. The minimum atomic E-state index is 0.299. The number of nitrogens with one attached hydrogen (secondary N) is 1. The highest BCUT2D eigenvalue weighted by Crippen LogP contribution is 2.27. The second-order valence-electron chi connectivity index (χ2n) is 6.30. The van der Waals surface area contributed by atoms with Crippen molar-refractivity contribution < 1.29 is 4.74 Å². The molecule has 0 fully saturated rings. The van der Waals surface area contributed by atoms with Crippen LogP contribution in [0.4, 0.5) is 0 Å². The average molecular weight is 388 g/mol. The summed E-state index contributed by atoms with van der Waals surface area (Å²) in [5, 5.41) is 21.3. The molecule has 5 rings (SSSR count). The Kier molecular flexibility index (Phi) is 4.10. The number of aromatic amines is 1. The smallest absolute Gasteiger partial charge is 0.235 e. The zero-order chi connectivity index (χ0) is 18.9. The summed E-state index contributed by atoms with van der Waals surface area (Å²) in [4.78, 5) is 0.717. The maximum atomic E-state index is 5.89. The number of hydrogen-bond donors (Lipinski definition) is 1. The van der Waals surface area contributed by atoms with Crippen molar-refractivity contribution in [3.8, 4) is 27.7 Å². The van der Waals surface area contributed by atoms with E-state index in [-0.39, 0.29) is 0 Å². The molecule has 0 spiro atoms. The molecule has 3 aromatic heterocycles. The summed E-state index contributed by atoms with van der Waals surface area (Å²) in [5.74, 6) is 1.49. The lowest BCUT2D eigenvalue weighted by Gasteiger charge is -2.06. The normalized spacial score (nSPS) is 11.2. The fourth-order valence-electron chi connectivity index (χ4n) is 2.91. The van der Waals surface area contributed by atoms with Gasteiger partial charge in [0.25, 0.3) is 0 Å². The second-order valence-corrected chi connectivity index (χ2v) is 7.26. The Morgan fingerprint density at radius 3 is 2.71 bits per heavy atom. The van der Waals surface area contributed by atoms with E-state index in [0.29, 0.717) is 17.4 Å². The van der Waals surface area contributed by atoms with Gasteiger partial charge in [-0.05, 0) is 24.6 Å². The third-order valence-corrected chi connectivity index (χ3v) is 5.32. The number of nitrogens with zero attached hydrogens (tertiary/aromatic N) is 5. The Labute approximate surface area is 164 Å². The van der Waals surface area contributed by atoms with E-state index >= 15 is 0 Å². The first-order chi connectivity index (χ1) is 13.8. The Morgan fingerprint density at radius 2 is 1.86 bits per heavy atom. The van der Waals surface area contributed by atoms with Crippen molar-refractivity contribution >= 4 is 16.3 Å². The van der Waals surface area contributed by atoms with Crippen LogP contribution in [0.2, 0.25) is 0 Å². The number of ether oxygens (including phenoxy) is 1. The van der Waals surface area contributed by atoms with Crippen molar-refractivity contribution in [2.45, 2.75) is 13.5 Å². The summed E-state index contributed by atoms with van der Waals surface area (Å²) in [6.45, 7) is 2.31. The third kappa shape index (κ3) is 3.03. The molecular formula is C20H16N6OS. The highest BCUT2D eigenvalue weighted by Gasteiger charge is 2.15. The molecule has 138 valence electrons. The Morgan fingerprint density at radius 1 is 1.04 bits per heavy atom. The predicted molar refractivity (Wildman–Crippen MR) is 107 cm³/mol. The molecule has 0 atom stereocenters. The number of H-pyrrole nitrogens is 1. The lowest BCUT2D eigenvalue weighted by molar-refractivity contribution is 0.291. The fourth-order valence-corrected chi connectivity index (χ4v) is 3.73. The molecule has 0 aliphatic heterocycles. The number of fused-ring (bicyclic) bond motifs is 1. The number of aryl methyl sites for hydroxylation is 1. The SMILES string of the molecule is Cc1ccccc1OCc1nnc2sc(-c3cc(-c4ccccc4)n[nH]3)nn12. The maximum Gasteiger partial charge on any atom is 0.235 e. The molecule has 28 heavy (non-hydrogen) atoms. The molecule has 0 amide bonds. The monoisotopic (exact) mass is 388 g/mol. The quantitative estimate of drug-likeness (QED) is 0.490. The van der Waals surface area contributed by atoms with Crippen LogP contribution in [0.15, 0.2) is 60.7 Å². The molecule has 0 aliphatic carbocycles. The topological polar surface area (TPSA) is 81.0 Å². The zero-order valence-electron chi connectivity index (χ0n) is 15.0. The molecule has 0 aliphatic rings. The first-order valence-electron chi connectivity index (χ1n) is 8.79. The molecule has 3 heterocycles. The van der Waals surface area contributed by atoms with Gasteiger partial charge < -0.3 is 4.74 Å². The minimum Gasteiger partial charge on any atom is -0.485 e. The van der Waals surface area contributed by atoms with E-state index in [1.165, 1.54) is 11.3 Å². The van der Waals surface area contributed by atoms with E-state index in [9.17, 15) is 0 Å². The molecule has 7 nitrogen and oxygen atoms in total. The highest BCUT2D eigenvalue weighted by atomic mass is 32.1. The number of hydrogen-bond acceptors (Lipinski definition) is 6. The van der Waals surface area contributed by atoms with E-state index in [1.54, 1.807) is 4.52 Å². The molecule has 5 aromatic rings. The van der Waals surface area contributed by atoms with E-state index in [4.69, 9.17) is 4.74 Å². The van der Waals surface area contributed by atoms with Gasteiger partial charge in [0, 0.05) is 5.56 Å². The third-order valence-electron chi connectivity index (χ3n) is 4.38. The molecule has 0 saturated carbocycles. The van der Waals surface area contributed by atoms with Crippen LogP contribution in [0.5, 0.6) is 5.75 Å². The predicted octanol–water partition coefficient (Wildman–Crippen LogP) is 4.13. The molecule has 2 aromatic carbocycles. The maximum absolute atomic E-state index is 5.89. The van der Waals surface area contributed by atoms with Crippen molar-refractivity contribution in [3.05, 3.63) is 72.1 Å². The Bertz CT molecular complexity index is 1240. The van der Waals surface area contributed by atoms with Gasteiger partial charge in [-0.25, -0.2) is 0 Å². The Balaban J connectivity index is 1.41. The summed E-state index contributed by atoms with van der Waals surface area (Å²) < 4.78 is 7.61. The van der Waals surface area contributed by atoms with E-state index in [0.717, 1.165) is 33.3 Å². The first-order valence-corrected chi connectivity index (χ1v) is 9.60. The molecule has 0 saturated heterocycles. The first kappa shape index (κ1) is 16.6. The molecule has 8 heteroatoms. The van der Waals surface area contributed by atoms with Crippen molar-refractivity contribution in [1.29, 1.82) is 0 Å². The highest BCUT2D eigenvalue weighted by molar-refractivity contribution is 7.19. The average Bonchev–Trinajstić information content (AvgIpc) is 3.44. The molecule has 1 N–H and O–H groups in total. The number of para-hydroxylation sites is 1. The van der Waals surface area contributed by atoms with Crippen LogP contribution in [0.3, 0.4) is 0 Å². The lowest BCUT2D eigenvalue weighted by Crippen LogP contribution is -2.03. The van der Waals surface area contributed by atoms with Gasteiger partial charge in [0.15, 0.2) is 10.8 Å². The van der Waals surface area contributed by atoms with Crippen LogP contribution in [-0.2, 0) is 6.61 Å². The number of benzene rings is 2. The summed E-state index contributed by atoms with van der Waals surface area (Å²) in [7, 11) is 0. The van der Waals surface area contributed by atoms with Crippen LogP contribution in [0, 0.1) is 6.92 Å². The Hall–Kier alpha value is -3.52. The van der Waals surface area contributed by atoms with Gasteiger partial charge in [-0.2, -0.15) is 14.7 Å². The van der Waals surface area contributed by atoms with Gasteiger partial charge in [-0.3, -0.25) is 5.10 Å². The number of rotatable bonds is 5. The van der Waals surface area contributed by atoms with Crippen molar-refractivity contribution in [1.82, 2.24) is 30.0 Å². The second kappa shape index (κ2) is 6.90. The lowest BCUT2D eigenvalue weighted by atomic mass is 10.1. The van der Waals surface area contributed by atoms with Crippen molar-refractivity contribution in [3.63, 3.8) is 0 Å². The van der Waals surface area contributed by atoms with Crippen LogP contribution in [0.1, 0.15) is 11.4 Å². The minimum absolute atomic E-state index is 0.299. The van der Waals surface area contributed by atoms with Crippen LogP contribution < -0.4 is 4.74 Å². The van der Waals surface area contributed by atoms with Gasteiger partial charge in [0.05, 0.1) is 11.4 Å². The van der Waals surface area contributed by atoms with Gasteiger partial charge >= 0.3 is 0 Å². The van der Waals surface area contributed by atoms with E-state index in [1.807, 2.05) is 67.6 Å². The van der Waals surface area contributed by atoms with Crippen LogP contribution in [0.25, 0.3) is 26.9 Å². The molecule has 0 bridgehead atoms. The molecular weight excluding hydrogens is 372 g/mol. The molecule has 0 unspecified atom stereocenters. The summed E-state index contributed by atoms with van der Waals surface area (Å²) in [6, 6.07) is 19.9. The van der Waals surface area contributed by atoms with E-state index in [2.05, 4.69) is 25.5 Å². The van der Waals surface area contributed by atoms with Crippen LogP contribution in [-0.4, -0.2) is 30.0 Å². The van der Waals surface area contributed by atoms with E-state index < -0.39 is 0 Å². The van der Waals surface area contributed by atoms with Gasteiger partial charge in [-0.15, -0.1) is 10.2 Å². The van der Waals surface area contributed by atoms with Gasteiger partial charge in [0.1, 0.15) is 12.4 Å². The molecule has 0 radical (unpaired) electrons. The summed E-state index contributed by atoms with van der Waals surface area (Å²) in [6.07, 6.45) is 0. The van der Waals surface area contributed by atoms with Crippen LogP contribution >= 0.6 is 11.3 Å². The number of aromatic nitrogens is 6. The van der Waals surface area contributed by atoms with Gasteiger partial charge in [0.2, 0.25) is 4.96 Å². The fraction of sp³-hybridized carbons (Fsp3) is 0.100. The van der Waals surface area contributed by atoms with Crippen molar-refractivity contribution in [2.24, 2.45) is 0 Å². The standard InChI is InChI=1S/C20H16N6OS/c1-13-7-5-6-10-17(13)27-12-18-23-24-20-26(18)25-19(28-20)16-11-15(21-22-16)14-8-3-2-4-9-14/h2-11H,12H2,1H3,(H,21,22). The van der Waals surface area contributed by atoms with Gasteiger partial charge in [-0.1, -0.05) is 59.9 Å².